The summed E-state index contributed by atoms with van der Waals surface area (Å²) in [5, 5.41) is 2.60. The summed E-state index contributed by atoms with van der Waals surface area (Å²) in [6.45, 7) is 4.46. The lowest BCUT2D eigenvalue weighted by Crippen LogP contribution is -2.59. The number of hydrogen-bond donors (Lipinski definition) is 1. The van der Waals surface area contributed by atoms with E-state index in [4.69, 9.17) is 23.7 Å². The summed E-state index contributed by atoms with van der Waals surface area (Å²) in [6.07, 6.45) is -5.20. The third-order valence-corrected chi connectivity index (χ3v) is 6.09. The number of amides is 1. The number of nitrogens with one attached hydrogen (secondary N) is 1. The lowest BCUT2D eigenvalue weighted by Gasteiger charge is -2.44. The van der Waals surface area contributed by atoms with Gasteiger partial charge in [0, 0.05) is 40.3 Å². The standard InChI is InChI=1S/C29H33NO10/c1-16(31)36-15-24-26(37-17(2)32)28(39-19(4)34)27(38-18(3)33)25(40-24)22-10-6-8-20(13-22)12-21-9-7-11-23(14-21)29(35)30-5/h6-11,13-14,24-28H,12,15H2,1-5H3,(H,30,35)/t24-,25-,26-,27-,28-/m1/s1. The molecule has 214 valence electrons. The van der Waals surface area contributed by atoms with Crippen molar-refractivity contribution in [2.45, 2.75) is 64.6 Å². The largest absolute Gasteiger partial charge is 0.463 e. The SMILES string of the molecule is CNC(=O)c1cccc(Cc2cccc([C@H]3O[C@H](COC(C)=O)[C@@H](OC(C)=O)[C@@H](OC(C)=O)[C@@H]3OC(C)=O)c2)c1. The number of hydrogen-bond acceptors (Lipinski definition) is 10. The van der Waals surface area contributed by atoms with Crippen molar-refractivity contribution >= 4 is 29.8 Å². The minimum Gasteiger partial charge on any atom is -0.463 e. The molecular weight excluding hydrogens is 522 g/mol. The van der Waals surface area contributed by atoms with E-state index in [9.17, 15) is 24.0 Å². The zero-order valence-corrected chi connectivity index (χ0v) is 23.0. The maximum atomic E-state index is 12.1. The van der Waals surface area contributed by atoms with E-state index in [-0.39, 0.29) is 12.5 Å². The van der Waals surface area contributed by atoms with Gasteiger partial charge in [-0.25, -0.2) is 0 Å². The predicted octanol–water partition coefficient (Wildman–Crippen LogP) is 2.44. The smallest absolute Gasteiger partial charge is 0.303 e. The number of carbonyl (C=O) groups is 5. The summed E-state index contributed by atoms with van der Waals surface area (Å²) in [5.74, 6) is -2.85. The molecule has 3 rings (SSSR count). The number of benzene rings is 2. The van der Waals surface area contributed by atoms with Crippen LogP contribution in [-0.4, -0.2) is 67.9 Å². The van der Waals surface area contributed by atoms with Crippen LogP contribution in [0.15, 0.2) is 48.5 Å². The van der Waals surface area contributed by atoms with Crippen molar-refractivity contribution < 1.29 is 47.7 Å². The first-order chi connectivity index (χ1) is 19.0. The van der Waals surface area contributed by atoms with Crippen molar-refractivity contribution in [1.82, 2.24) is 5.32 Å². The molecule has 40 heavy (non-hydrogen) atoms. The Kier molecular flexibility index (Phi) is 10.4. The van der Waals surface area contributed by atoms with Gasteiger partial charge in [-0.05, 0) is 35.2 Å². The first-order valence-corrected chi connectivity index (χ1v) is 12.7. The Morgan fingerprint density at radius 2 is 1.32 bits per heavy atom. The third kappa shape index (κ3) is 8.12. The molecular formula is C29H33NO10. The second-order valence-electron chi connectivity index (χ2n) is 9.32. The second-order valence-corrected chi connectivity index (χ2v) is 9.32. The molecule has 1 aliphatic heterocycles. The Hall–Kier alpha value is -4.25. The molecule has 2 aromatic rings. The molecule has 0 saturated carbocycles. The molecule has 0 bridgehead atoms. The maximum Gasteiger partial charge on any atom is 0.303 e. The topological polar surface area (TPSA) is 144 Å². The van der Waals surface area contributed by atoms with Crippen LogP contribution in [0.5, 0.6) is 0 Å². The molecule has 11 heteroatoms. The zero-order valence-electron chi connectivity index (χ0n) is 23.0. The average Bonchev–Trinajstić information content (AvgIpc) is 2.89. The highest BCUT2D eigenvalue weighted by Gasteiger charge is 2.52. The minimum absolute atomic E-state index is 0.201. The lowest BCUT2D eigenvalue weighted by atomic mass is 9.89. The normalized spacial score (nSPS) is 22.0. The fraction of sp³-hybridized carbons (Fsp3) is 0.414. The fourth-order valence-electron chi connectivity index (χ4n) is 4.58. The molecule has 1 aliphatic rings. The molecule has 0 unspecified atom stereocenters. The highest BCUT2D eigenvalue weighted by molar-refractivity contribution is 5.94. The molecule has 11 nitrogen and oxygen atoms in total. The molecule has 2 aromatic carbocycles. The molecule has 1 fully saturated rings. The van der Waals surface area contributed by atoms with Gasteiger partial charge in [0.15, 0.2) is 18.3 Å². The van der Waals surface area contributed by atoms with Gasteiger partial charge in [-0.3, -0.25) is 24.0 Å². The minimum atomic E-state index is -1.25. The van der Waals surface area contributed by atoms with Crippen LogP contribution >= 0.6 is 0 Å². The van der Waals surface area contributed by atoms with Crippen molar-refractivity contribution in [2.24, 2.45) is 0 Å². The number of ether oxygens (including phenoxy) is 5. The first kappa shape index (κ1) is 30.3. The van der Waals surface area contributed by atoms with Gasteiger partial charge in [-0.2, -0.15) is 0 Å². The molecule has 1 heterocycles. The van der Waals surface area contributed by atoms with Gasteiger partial charge in [0.2, 0.25) is 0 Å². The van der Waals surface area contributed by atoms with E-state index in [0.29, 0.717) is 17.5 Å². The number of esters is 4. The maximum absolute atomic E-state index is 12.1. The monoisotopic (exact) mass is 555 g/mol. The Bertz CT molecular complexity index is 1260. The summed E-state index contributed by atoms with van der Waals surface area (Å²) in [6, 6.07) is 14.5. The van der Waals surface area contributed by atoms with E-state index in [1.807, 2.05) is 18.2 Å². The van der Waals surface area contributed by atoms with Crippen molar-refractivity contribution in [3.63, 3.8) is 0 Å². The van der Waals surface area contributed by atoms with Crippen molar-refractivity contribution in [3.05, 3.63) is 70.8 Å². The van der Waals surface area contributed by atoms with Gasteiger partial charge < -0.3 is 29.0 Å². The molecule has 0 aliphatic carbocycles. The van der Waals surface area contributed by atoms with Crippen LogP contribution < -0.4 is 5.32 Å². The van der Waals surface area contributed by atoms with Crippen molar-refractivity contribution in [3.8, 4) is 0 Å². The van der Waals surface area contributed by atoms with Crippen LogP contribution in [0.4, 0.5) is 0 Å². The van der Waals surface area contributed by atoms with Crippen molar-refractivity contribution in [2.75, 3.05) is 13.7 Å². The fourth-order valence-corrected chi connectivity index (χ4v) is 4.58. The van der Waals surface area contributed by atoms with Gasteiger partial charge in [-0.1, -0.05) is 36.4 Å². The molecule has 0 spiro atoms. The Balaban J connectivity index is 2.02. The van der Waals surface area contributed by atoms with E-state index in [2.05, 4.69) is 5.32 Å². The van der Waals surface area contributed by atoms with E-state index in [1.54, 1.807) is 37.4 Å². The van der Waals surface area contributed by atoms with Crippen LogP contribution in [0.3, 0.4) is 0 Å². The summed E-state index contributed by atoms with van der Waals surface area (Å²) in [5.41, 5.74) is 2.85. The molecule has 1 saturated heterocycles. The highest BCUT2D eigenvalue weighted by Crippen LogP contribution is 2.38. The molecule has 5 atom stereocenters. The quantitative estimate of drug-likeness (QED) is 0.362. The van der Waals surface area contributed by atoms with E-state index in [1.165, 1.54) is 27.7 Å². The van der Waals surface area contributed by atoms with Gasteiger partial charge in [0.25, 0.3) is 5.91 Å². The number of rotatable bonds is 9. The molecule has 0 aromatic heterocycles. The van der Waals surface area contributed by atoms with E-state index < -0.39 is 54.4 Å². The summed E-state index contributed by atoms with van der Waals surface area (Å²) < 4.78 is 28.0. The molecule has 1 N–H and O–H groups in total. The Morgan fingerprint density at radius 1 is 0.750 bits per heavy atom. The second kappa shape index (κ2) is 13.7. The average molecular weight is 556 g/mol. The lowest BCUT2D eigenvalue weighted by molar-refractivity contribution is -0.254. The van der Waals surface area contributed by atoms with Crippen LogP contribution in [0, 0.1) is 0 Å². The van der Waals surface area contributed by atoms with Crippen molar-refractivity contribution in [1.29, 1.82) is 0 Å². The van der Waals surface area contributed by atoms with E-state index in [0.717, 1.165) is 11.1 Å². The first-order valence-electron chi connectivity index (χ1n) is 12.7. The third-order valence-electron chi connectivity index (χ3n) is 6.09. The summed E-state index contributed by atoms with van der Waals surface area (Å²) >= 11 is 0. The molecule has 1 amide bonds. The van der Waals surface area contributed by atoms with Gasteiger partial charge in [-0.15, -0.1) is 0 Å². The van der Waals surface area contributed by atoms with Gasteiger partial charge in [0.1, 0.15) is 18.8 Å². The van der Waals surface area contributed by atoms with Gasteiger partial charge in [0.05, 0.1) is 0 Å². The Morgan fingerprint density at radius 3 is 1.93 bits per heavy atom. The Labute approximate surface area is 232 Å². The van der Waals surface area contributed by atoms with E-state index >= 15 is 0 Å². The number of carbonyl (C=O) groups excluding carboxylic acids is 5. The predicted molar refractivity (Wildman–Crippen MR) is 140 cm³/mol. The summed E-state index contributed by atoms with van der Waals surface area (Å²) in [4.78, 5) is 59.8. The van der Waals surface area contributed by atoms with Gasteiger partial charge >= 0.3 is 23.9 Å². The van der Waals surface area contributed by atoms with Crippen LogP contribution in [-0.2, 0) is 49.3 Å². The van der Waals surface area contributed by atoms with Crippen LogP contribution in [0.1, 0.15) is 60.8 Å². The van der Waals surface area contributed by atoms with Crippen LogP contribution in [0.25, 0.3) is 0 Å². The highest BCUT2D eigenvalue weighted by atomic mass is 16.7. The summed E-state index contributed by atoms with van der Waals surface area (Å²) in [7, 11) is 1.56. The molecule has 0 radical (unpaired) electrons. The zero-order chi connectivity index (χ0) is 29.4. The van der Waals surface area contributed by atoms with Crippen LogP contribution in [0.2, 0.25) is 0 Å².